The van der Waals surface area contributed by atoms with Crippen molar-refractivity contribution in [3.05, 3.63) is 29.8 Å². The Kier molecular flexibility index (Phi) is 7.85. The van der Waals surface area contributed by atoms with Gasteiger partial charge in [0.1, 0.15) is 0 Å². The van der Waals surface area contributed by atoms with Crippen molar-refractivity contribution in [2.45, 2.75) is 17.7 Å². The van der Waals surface area contributed by atoms with E-state index >= 15 is 0 Å². The summed E-state index contributed by atoms with van der Waals surface area (Å²) in [5.74, 6) is 0.449. The number of morpholine rings is 1. The molecule has 1 atom stereocenters. The van der Waals surface area contributed by atoms with Gasteiger partial charge < -0.3 is 15.0 Å². The maximum absolute atomic E-state index is 12.4. The summed E-state index contributed by atoms with van der Waals surface area (Å²) >= 11 is 0. The molecule has 2 fully saturated rings. The predicted octanol–water partition coefficient (Wildman–Crippen LogP) is 0.859. The van der Waals surface area contributed by atoms with Crippen LogP contribution in [0.15, 0.2) is 29.2 Å². The molecule has 7 nitrogen and oxygen atoms in total. The number of hydrogen-bond acceptors (Lipinski definition) is 5. The Balaban J connectivity index is 0.00000243. The molecule has 0 saturated carbocycles. The molecule has 2 aliphatic heterocycles. The first-order valence-electron chi connectivity index (χ1n) is 8.74. The van der Waals surface area contributed by atoms with Gasteiger partial charge in [-0.1, -0.05) is 0 Å². The number of amides is 1. The summed E-state index contributed by atoms with van der Waals surface area (Å²) in [6.07, 6.45) is 1.93. The average Bonchev–Trinajstić information content (AvgIpc) is 3.15. The molecule has 1 aromatic carbocycles. The first kappa shape index (κ1) is 21.1. The lowest BCUT2D eigenvalue weighted by Crippen LogP contribution is -2.40. The molecule has 1 unspecified atom stereocenters. The third kappa shape index (κ3) is 5.40. The Morgan fingerprint density at radius 2 is 1.92 bits per heavy atom. The SMILES string of the molecule is Cl.O=C(c1ccc(S(=O)(=O)NCCC2CCNC2)cc1)N1CCOCC1. The quantitative estimate of drug-likeness (QED) is 0.735. The number of nitrogens with one attached hydrogen (secondary N) is 2. The molecule has 0 aromatic heterocycles. The van der Waals surface area contributed by atoms with E-state index in [0.717, 1.165) is 25.9 Å². The van der Waals surface area contributed by atoms with E-state index in [4.69, 9.17) is 4.74 Å². The van der Waals surface area contributed by atoms with Crippen LogP contribution in [0.25, 0.3) is 0 Å². The van der Waals surface area contributed by atoms with E-state index in [1.807, 2.05) is 0 Å². The number of carbonyl (C=O) groups is 1. The van der Waals surface area contributed by atoms with Gasteiger partial charge in [0.15, 0.2) is 0 Å². The summed E-state index contributed by atoms with van der Waals surface area (Å²) in [6.45, 7) is 4.61. The Hall–Kier alpha value is -1.19. The maximum atomic E-state index is 12.4. The highest BCUT2D eigenvalue weighted by Crippen LogP contribution is 2.15. The van der Waals surface area contributed by atoms with E-state index in [0.29, 0.717) is 44.3 Å². The van der Waals surface area contributed by atoms with Crippen LogP contribution in [0.5, 0.6) is 0 Å². The second kappa shape index (κ2) is 9.66. The van der Waals surface area contributed by atoms with E-state index in [9.17, 15) is 13.2 Å². The zero-order valence-electron chi connectivity index (χ0n) is 14.6. The van der Waals surface area contributed by atoms with Crippen LogP contribution in [0.2, 0.25) is 0 Å². The molecular weight excluding hydrogens is 378 g/mol. The van der Waals surface area contributed by atoms with Crippen molar-refractivity contribution in [2.75, 3.05) is 45.9 Å². The number of halogens is 1. The van der Waals surface area contributed by atoms with Gasteiger partial charge in [-0.2, -0.15) is 0 Å². The molecule has 3 rings (SSSR count). The Morgan fingerprint density at radius 3 is 2.54 bits per heavy atom. The molecule has 1 aromatic rings. The zero-order valence-corrected chi connectivity index (χ0v) is 16.3. The van der Waals surface area contributed by atoms with E-state index in [-0.39, 0.29) is 23.2 Å². The molecule has 26 heavy (non-hydrogen) atoms. The van der Waals surface area contributed by atoms with Gasteiger partial charge in [-0.15, -0.1) is 12.4 Å². The second-order valence-corrected chi connectivity index (χ2v) is 8.24. The third-order valence-corrected chi connectivity index (χ3v) is 6.19. The van der Waals surface area contributed by atoms with Crippen molar-refractivity contribution in [2.24, 2.45) is 5.92 Å². The lowest BCUT2D eigenvalue weighted by molar-refractivity contribution is 0.0303. The van der Waals surface area contributed by atoms with Gasteiger partial charge in [-0.3, -0.25) is 4.79 Å². The van der Waals surface area contributed by atoms with E-state index in [2.05, 4.69) is 10.0 Å². The van der Waals surface area contributed by atoms with Crippen molar-refractivity contribution in [1.29, 1.82) is 0 Å². The van der Waals surface area contributed by atoms with Crippen LogP contribution in [0, 0.1) is 5.92 Å². The molecule has 9 heteroatoms. The molecule has 2 saturated heterocycles. The van der Waals surface area contributed by atoms with Crippen LogP contribution in [0.3, 0.4) is 0 Å². The van der Waals surface area contributed by atoms with Crippen molar-refractivity contribution in [3.8, 4) is 0 Å². The normalized spacial score (nSPS) is 20.6. The minimum atomic E-state index is -3.53. The van der Waals surface area contributed by atoms with Crippen LogP contribution in [0.4, 0.5) is 0 Å². The van der Waals surface area contributed by atoms with Crippen molar-refractivity contribution in [1.82, 2.24) is 14.9 Å². The van der Waals surface area contributed by atoms with Gasteiger partial charge in [0.25, 0.3) is 5.91 Å². The van der Waals surface area contributed by atoms with Crippen molar-refractivity contribution < 1.29 is 17.9 Å². The lowest BCUT2D eigenvalue weighted by Gasteiger charge is -2.26. The highest BCUT2D eigenvalue weighted by molar-refractivity contribution is 7.89. The van der Waals surface area contributed by atoms with Crippen LogP contribution in [-0.4, -0.2) is 65.2 Å². The first-order valence-corrected chi connectivity index (χ1v) is 10.2. The topological polar surface area (TPSA) is 87.7 Å². The monoisotopic (exact) mass is 403 g/mol. The number of hydrogen-bond donors (Lipinski definition) is 2. The number of ether oxygens (including phenoxy) is 1. The van der Waals surface area contributed by atoms with Crippen LogP contribution in [0.1, 0.15) is 23.2 Å². The lowest BCUT2D eigenvalue weighted by atomic mass is 10.1. The van der Waals surface area contributed by atoms with E-state index < -0.39 is 10.0 Å². The van der Waals surface area contributed by atoms with Crippen LogP contribution >= 0.6 is 12.4 Å². The molecule has 146 valence electrons. The Bertz CT molecular complexity index is 684. The summed E-state index contributed by atoms with van der Waals surface area (Å²) in [5.41, 5.74) is 0.498. The van der Waals surface area contributed by atoms with E-state index in [1.165, 1.54) is 12.1 Å². The van der Waals surface area contributed by atoms with Gasteiger partial charge in [0.2, 0.25) is 10.0 Å². The Morgan fingerprint density at radius 1 is 1.23 bits per heavy atom. The molecule has 2 aliphatic rings. The highest BCUT2D eigenvalue weighted by Gasteiger charge is 2.20. The first-order chi connectivity index (χ1) is 12.1. The van der Waals surface area contributed by atoms with Gasteiger partial charge in [0.05, 0.1) is 18.1 Å². The molecule has 2 heterocycles. The third-order valence-electron chi connectivity index (χ3n) is 4.72. The molecule has 0 bridgehead atoms. The van der Waals surface area contributed by atoms with Gasteiger partial charge >= 0.3 is 0 Å². The molecule has 2 N–H and O–H groups in total. The molecular formula is C17H26ClN3O4S. The summed E-state index contributed by atoms with van der Waals surface area (Å²) in [6, 6.07) is 6.14. The summed E-state index contributed by atoms with van der Waals surface area (Å²) in [4.78, 5) is 14.3. The summed E-state index contributed by atoms with van der Waals surface area (Å²) < 4.78 is 32.6. The van der Waals surface area contributed by atoms with Crippen LogP contribution in [-0.2, 0) is 14.8 Å². The van der Waals surface area contributed by atoms with Crippen LogP contribution < -0.4 is 10.0 Å². The zero-order chi connectivity index (χ0) is 17.7. The van der Waals surface area contributed by atoms with Crippen molar-refractivity contribution >= 4 is 28.3 Å². The predicted molar refractivity (Wildman–Crippen MR) is 101 cm³/mol. The molecule has 0 aliphatic carbocycles. The number of nitrogens with zero attached hydrogens (tertiary/aromatic N) is 1. The molecule has 1 amide bonds. The number of carbonyl (C=O) groups excluding carboxylic acids is 1. The summed E-state index contributed by atoms with van der Waals surface area (Å²) in [5, 5.41) is 3.27. The molecule has 0 spiro atoms. The number of benzene rings is 1. The average molecular weight is 404 g/mol. The fraction of sp³-hybridized carbons (Fsp3) is 0.588. The number of rotatable bonds is 6. The standard InChI is InChI=1S/C17H25N3O4S.ClH/c21-17(20-9-11-24-12-10-20)15-1-3-16(4-2-15)25(22,23)19-8-6-14-5-7-18-13-14;/h1-4,14,18-19H,5-13H2;1H. The minimum Gasteiger partial charge on any atom is -0.378 e. The highest BCUT2D eigenvalue weighted by atomic mass is 35.5. The maximum Gasteiger partial charge on any atom is 0.254 e. The second-order valence-electron chi connectivity index (χ2n) is 6.47. The molecule has 0 radical (unpaired) electrons. The fourth-order valence-corrected chi connectivity index (χ4v) is 4.21. The largest absolute Gasteiger partial charge is 0.378 e. The van der Waals surface area contributed by atoms with Crippen molar-refractivity contribution in [3.63, 3.8) is 0 Å². The Labute approximate surface area is 160 Å². The minimum absolute atomic E-state index is 0. The van der Waals surface area contributed by atoms with Gasteiger partial charge in [-0.25, -0.2) is 13.1 Å². The fourth-order valence-electron chi connectivity index (χ4n) is 3.17. The smallest absolute Gasteiger partial charge is 0.254 e. The number of sulfonamides is 1. The van der Waals surface area contributed by atoms with Gasteiger partial charge in [-0.05, 0) is 56.1 Å². The van der Waals surface area contributed by atoms with Gasteiger partial charge in [0, 0.05) is 25.2 Å². The summed E-state index contributed by atoms with van der Waals surface area (Å²) in [7, 11) is -3.53. The van der Waals surface area contributed by atoms with E-state index in [1.54, 1.807) is 17.0 Å².